The molecule has 0 bridgehead atoms. The van der Waals surface area contributed by atoms with Gasteiger partial charge in [-0.3, -0.25) is 14.9 Å². The van der Waals surface area contributed by atoms with Gasteiger partial charge >= 0.3 is 11.6 Å². The van der Waals surface area contributed by atoms with Gasteiger partial charge in [-0.05, 0) is 30.3 Å². The lowest BCUT2D eigenvalue weighted by atomic mass is 10.3. The van der Waals surface area contributed by atoms with Gasteiger partial charge in [-0.15, -0.1) is 0 Å². The number of carbonyl (C=O) groups excluding carboxylic acids is 1. The molecule has 134 valence electrons. The van der Waals surface area contributed by atoms with Crippen LogP contribution in [0.15, 0.2) is 47.1 Å². The summed E-state index contributed by atoms with van der Waals surface area (Å²) < 4.78 is 10.9. The summed E-state index contributed by atoms with van der Waals surface area (Å²) in [4.78, 5) is 23.0. The number of furan rings is 1. The summed E-state index contributed by atoms with van der Waals surface area (Å²) in [6.07, 6.45) is 2.07. The van der Waals surface area contributed by atoms with Gasteiger partial charge < -0.3 is 9.15 Å². The Morgan fingerprint density at radius 3 is 2.85 bits per heavy atom. The molecule has 0 aliphatic carbocycles. The molecule has 1 aromatic carbocycles. The van der Waals surface area contributed by atoms with E-state index in [1.165, 1.54) is 6.07 Å². The molecule has 1 amide bonds. The first-order valence-corrected chi connectivity index (χ1v) is 7.85. The highest BCUT2D eigenvalue weighted by Crippen LogP contribution is 2.28. The van der Waals surface area contributed by atoms with Crippen molar-refractivity contribution in [3.63, 3.8) is 0 Å². The summed E-state index contributed by atoms with van der Waals surface area (Å²) in [5.74, 6) is 0.165. The molecule has 0 spiro atoms. The van der Waals surface area contributed by atoms with E-state index in [0.29, 0.717) is 21.6 Å². The van der Waals surface area contributed by atoms with Crippen molar-refractivity contribution in [1.82, 2.24) is 9.89 Å². The van der Waals surface area contributed by atoms with Gasteiger partial charge in [0, 0.05) is 5.02 Å². The van der Waals surface area contributed by atoms with Crippen LogP contribution in [0, 0.1) is 10.1 Å². The highest BCUT2D eigenvalue weighted by Gasteiger charge is 2.15. The van der Waals surface area contributed by atoms with Crippen molar-refractivity contribution in [2.24, 2.45) is 0 Å². The summed E-state index contributed by atoms with van der Waals surface area (Å²) in [7, 11) is 0. The smallest absolute Gasteiger partial charge is 0.309 e. The number of nitro groups is 1. The number of hydrogen-bond acceptors (Lipinski definition) is 6. The molecule has 1 N–H and O–H groups in total. The van der Waals surface area contributed by atoms with Gasteiger partial charge in [0.15, 0.2) is 5.76 Å². The largest absolute Gasteiger partial charge is 0.484 e. The van der Waals surface area contributed by atoms with E-state index < -0.39 is 10.8 Å². The fourth-order valence-corrected chi connectivity index (χ4v) is 2.41. The number of aromatic nitrogens is 2. The predicted octanol–water partition coefficient (Wildman–Crippen LogP) is 3.65. The maximum absolute atomic E-state index is 12.1. The first-order valence-electron chi connectivity index (χ1n) is 7.09. The molecule has 11 heteroatoms. The molecule has 0 aliphatic heterocycles. The Morgan fingerprint density at radius 2 is 2.15 bits per heavy atom. The predicted molar refractivity (Wildman–Crippen MR) is 92.1 cm³/mol. The van der Waals surface area contributed by atoms with Gasteiger partial charge in [0.05, 0.1) is 9.95 Å². The Kier molecular flexibility index (Phi) is 5.10. The van der Waals surface area contributed by atoms with Crippen LogP contribution in [0.25, 0.3) is 0 Å². The summed E-state index contributed by atoms with van der Waals surface area (Å²) in [5, 5.41) is 15.1. The third-order valence-electron chi connectivity index (χ3n) is 3.15. The van der Waals surface area contributed by atoms with Crippen molar-refractivity contribution in [2.45, 2.75) is 6.61 Å². The molecular weight excluding hydrogens is 387 g/mol. The molecule has 2 aromatic heterocycles. The van der Waals surface area contributed by atoms with Crippen molar-refractivity contribution in [3.05, 3.63) is 74.4 Å². The Labute approximate surface area is 156 Å². The molecule has 0 saturated carbocycles. The molecule has 3 rings (SSSR count). The average Bonchev–Trinajstić information content (AvgIpc) is 3.23. The summed E-state index contributed by atoms with van der Waals surface area (Å²) in [6.45, 7) is 0.0435. The lowest BCUT2D eigenvalue weighted by Crippen LogP contribution is -2.22. The zero-order chi connectivity index (χ0) is 18.7. The number of hydrogen-bond donors (Lipinski definition) is 1. The topological polar surface area (TPSA) is 112 Å². The molecule has 0 fully saturated rings. The van der Waals surface area contributed by atoms with Crippen molar-refractivity contribution >= 4 is 34.8 Å². The Morgan fingerprint density at radius 1 is 1.35 bits per heavy atom. The van der Waals surface area contributed by atoms with Gasteiger partial charge in [0.25, 0.3) is 0 Å². The lowest BCUT2D eigenvalue weighted by molar-refractivity contribution is -0.384. The van der Waals surface area contributed by atoms with Gasteiger partial charge in [-0.25, -0.2) is 5.43 Å². The summed E-state index contributed by atoms with van der Waals surface area (Å²) >= 11 is 11.8. The summed E-state index contributed by atoms with van der Waals surface area (Å²) in [5.41, 5.74) is 2.08. The number of carbonyl (C=O) groups is 1. The Balaban J connectivity index is 1.61. The highest BCUT2D eigenvalue weighted by atomic mass is 35.5. The SMILES string of the molecule is O=C(Nn1cc([N+](=O)[O-])cn1)c1ccc(COc2ccc(Cl)cc2Cl)o1. The maximum atomic E-state index is 12.1. The summed E-state index contributed by atoms with van der Waals surface area (Å²) in [6, 6.07) is 7.79. The van der Waals surface area contributed by atoms with Crippen molar-refractivity contribution in [2.75, 3.05) is 5.43 Å². The van der Waals surface area contributed by atoms with E-state index in [9.17, 15) is 14.9 Å². The van der Waals surface area contributed by atoms with E-state index in [0.717, 1.165) is 17.2 Å². The zero-order valence-electron chi connectivity index (χ0n) is 12.9. The first-order chi connectivity index (χ1) is 12.4. The number of ether oxygens (including phenoxy) is 1. The average molecular weight is 397 g/mol. The third kappa shape index (κ3) is 4.13. The van der Waals surface area contributed by atoms with E-state index in [4.69, 9.17) is 32.4 Å². The maximum Gasteiger partial charge on any atom is 0.309 e. The molecule has 0 atom stereocenters. The molecule has 3 aromatic rings. The lowest BCUT2D eigenvalue weighted by Gasteiger charge is -2.06. The second kappa shape index (κ2) is 7.46. The molecule has 2 heterocycles. The van der Waals surface area contributed by atoms with Crippen LogP contribution in [0.3, 0.4) is 0 Å². The Hall–Kier alpha value is -3.04. The minimum Gasteiger partial charge on any atom is -0.484 e. The number of nitrogens with one attached hydrogen (secondary N) is 1. The molecule has 9 nitrogen and oxygen atoms in total. The van der Waals surface area contributed by atoms with E-state index >= 15 is 0 Å². The second-order valence-corrected chi connectivity index (χ2v) is 5.81. The molecule has 26 heavy (non-hydrogen) atoms. The van der Waals surface area contributed by atoms with Crippen LogP contribution in [-0.2, 0) is 6.61 Å². The van der Waals surface area contributed by atoms with Gasteiger partial charge in [-0.2, -0.15) is 9.89 Å². The second-order valence-electron chi connectivity index (χ2n) is 4.97. The van der Waals surface area contributed by atoms with Crippen molar-refractivity contribution in [1.29, 1.82) is 0 Å². The van der Waals surface area contributed by atoms with Crippen LogP contribution in [0.2, 0.25) is 10.0 Å². The zero-order valence-corrected chi connectivity index (χ0v) is 14.4. The molecule has 0 radical (unpaired) electrons. The van der Waals surface area contributed by atoms with E-state index in [-0.39, 0.29) is 18.1 Å². The molecular formula is C15H10Cl2N4O5. The van der Waals surface area contributed by atoms with Gasteiger partial charge in [0.1, 0.15) is 30.5 Å². The quantitative estimate of drug-likeness (QED) is 0.502. The first kappa shape index (κ1) is 17.8. The van der Waals surface area contributed by atoms with Crippen LogP contribution in [0.1, 0.15) is 16.3 Å². The van der Waals surface area contributed by atoms with Gasteiger partial charge in [-0.1, -0.05) is 23.2 Å². The minimum atomic E-state index is -0.626. The monoisotopic (exact) mass is 396 g/mol. The van der Waals surface area contributed by atoms with Crippen molar-refractivity contribution < 1.29 is 18.9 Å². The van der Waals surface area contributed by atoms with Crippen LogP contribution in [0.5, 0.6) is 5.75 Å². The van der Waals surface area contributed by atoms with Crippen LogP contribution >= 0.6 is 23.2 Å². The molecule has 0 aliphatic rings. The van der Waals surface area contributed by atoms with E-state index in [2.05, 4.69) is 10.5 Å². The molecule has 0 saturated heterocycles. The third-order valence-corrected chi connectivity index (χ3v) is 3.68. The number of nitrogens with zero attached hydrogens (tertiary/aromatic N) is 3. The number of amides is 1. The van der Waals surface area contributed by atoms with Crippen molar-refractivity contribution in [3.8, 4) is 5.75 Å². The van der Waals surface area contributed by atoms with Crippen LogP contribution in [0.4, 0.5) is 5.69 Å². The fraction of sp³-hybridized carbons (Fsp3) is 0.0667. The number of benzene rings is 1. The van der Waals surface area contributed by atoms with Gasteiger partial charge in [0.2, 0.25) is 0 Å². The standard InChI is InChI=1S/C15H10Cl2N4O5/c16-9-1-3-13(12(17)5-9)25-8-11-2-4-14(26-11)15(22)19-20-7-10(6-18-20)21(23)24/h1-7H,8H2,(H,19,22). The fourth-order valence-electron chi connectivity index (χ4n) is 1.95. The van der Waals surface area contributed by atoms with E-state index in [1.54, 1.807) is 24.3 Å². The van der Waals surface area contributed by atoms with Crippen LogP contribution < -0.4 is 10.2 Å². The normalized spacial score (nSPS) is 10.5. The highest BCUT2D eigenvalue weighted by molar-refractivity contribution is 6.35. The number of halogens is 2. The van der Waals surface area contributed by atoms with E-state index in [1.807, 2.05) is 0 Å². The Bertz CT molecular complexity index is 969. The minimum absolute atomic E-state index is 0.0102. The number of rotatable bonds is 6. The van der Waals surface area contributed by atoms with Crippen LogP contribution in [-0.4, -0.2) is 20.7 Å². The molecule has 0 unspecified atom stereocenters.